The number of nitrogens with two attached hydrogens (primary N) is 2. The van der Waals surface area contributed by atoms with Crippen LogP contribution >= 0.6 is 23.5 Å². The first-order valence-corrected chi connectivity index (χ1v) is 14.5. The Morgan fingerprint density at radius 2 is 1.39 bits per heavy atom. The van der Waals surface area contributed by atoms with E-state index in [9.17, 15) is 24.3 Å². The SMILES string of the molecule is CSCC[C@H](NC(=O)[C@@H](N)Cc1ccc(O)cc1)C(=O)N[C@H](C(=O)N[C@H](CCSC)C(N)=O)C(C)C. The summed E-state index contributed by atoms with van der Waals surface area (Å²) in [6.07, 6.45) is 4.72. The standard InChI is InChI=1S/C24H39N5O5S2/c1-14(2)20(24(34)27-18(21(26)31)9-11-35-3)29-23(33)19(10-12-36-4)28-22(32)17(25)13-15-5-7-16(30)8-6-15/h5-8,14,17-20,30H,9-13,25H2,1-4H3,(H2,26,31)(H,27,34)(H,28,32)(H,29,33)/t17-,18+,19-,20-/m0/s1. The number of hydrogen-bond acceptors (Lipinski definition) is 8. The largest absolute Gasteiger partial charge is 0.508 e. The fourth-order valence-electron chi connectivity index (χ4n) is 3.33. The lowest BCUT2D eigenvalue weighted by Gasteiger charge is -2.27. The molecule has 1 aromatic rings. The van der Waals surface area contributed by atoms with Crippen LogP contribution in [-0.4, -0.2) is 76.9 Å². The molecule has 36 heavy (non-hydrogen) atoms. The highest BCUT2D eigenvalue weighted by molar-refractivity contribution is 7.98. The summed E-state index contributed by atoms with van der Waals surface area (Å²) in [4.78, 5) is 50.6. The van der Waals surface area contributed by atoms with Crippen molar-refractivity contribution in [3.63, 3.8) is 0 Å². The second kappa shape index (κ2) is 16.3. The zero-order valence-corrected chi connectivity index (χ0v) is 22.9. The Bertz CT molecular complexity index is 869. The van der Waals surface area contributed by atoms with Gasteiger partial charge < -0.3 is 32.5 Å². The Balaban J connectivity index is 2.89. The van der Waals surface area contributed by atoms with E-state index in [1.54, 1.807) is 26.0 Å². The molecule has 1 aromatic carbocycles. The fraction of sp³-hybridized carbons (Fsp3) is 0.583. The van der Waals surface area contributed by atoms with E-state index >= 15 is 0 Å². The lowest BCUT2D eigenvalue weighted by molar-refractivity contribution is -0.134. The number of carbonyl (C=O) groups is 4. The number of aromatic hydroxyl groups is 1. The van der Waals surface area contributed by atoms with Gasteiger partial charge in [-0.1, -0.05) is 26.0 Å². The molecule has 4 amide bonds. The minimum Gasteiger partial charge on any atom is -0.508 e. The van der Waals surface area contributed by atoms with Crippen molar-refractivity contribution in [2.45, 2.75) is 57.3 Å². The van der Waals surface area contributed by atoms with Crippen LogP contribution < -0.4 is 27.4 Å². The van der Waals surface area contributed by atoms with Crippen LogP contribution in [0.5, 0.6) is 5.75 Å². The number of phenolic OH excluding ortho intramolecular Hbond substituents is 1. The second-order valence-corrected chi connectivity index (χ2v) is 10.8. The number of benzene rings is 1. The number of phenols is 1. The Morgan fingerprint density at radius 1 is 0.861 bits per heavy atom. The van der Waals surface area contributed by atoms with Crippen LogP contribution in [0.2, 0.25) is 0 Å². The van der Waals surface area contributed by atoms with Gasteiger partial charge in [-0.05, 0) is 66.9 Å². The molecule has 202 valence electrons. The van der Waals surface area contributed by atoms with Crippen LogP contribution in [0, 0.1) is 5.92 Å². The van der Waals surface area contributed by atoms with Gasteiger partial charge in [0, 0.05) is 0 Å². The van der Waals surface area contributed by atoms with Crippen molar-refractivity contribution in [3.8, 4) is 5.75 Å². The van der Waals surface area contributed by atoms with Gasteiger partial charge in [-0.15, -0.1) is 0 Å². The van der Waals surface area contributed by atoms with Gasteiger partial charge >= 0.3 is 0 Å². The van der Waals surface area contributed by atoms with Crippen LogP contribution in [0.1, 0.15) is 32.3 Å². The molecule has 0 saturated heterocycles. The molecular formula is C24H39N5O5S2. The molecule has 8 N–H and O–H groups in total. The summed E-state index contributed by atoms with van der Waals surface area (Å²) >= 11 is 3.05. The number of nitrogens with one attached hydrogen (secondary N) is 3. The van der Waals surface area contributed by atoms with Crippen molar-refractivity contribution in [2.75, 3.05) is 24.0 Å². The average molecular weight is 542 g/mol. The van der Waals surface area contributed by atoms with Crippen LogP contribution in [0.25, 0.3) is 0 Å². The number of carbonyl (C=O) groups excluding carboxylic acids is 4. The summed E-state index contributed by atoms with van der Waals surface area (Å²) in [6.45, 7) is 3.55. The van der Waals surface area contributed by atoms with Crippen molar-refractivity contribution >= 4 is 47.2 Å². The molecule has 12 heteroatoms. The molecule has 0 aliphatic heterocycles. The molecule has 0 aliphatic rings. The third-order valence-electron chi connectivity index (χ3n) is 5.49. The summed E-state index contributed by atoms with van der Waals surface area (Å²) in [5.41, 5.74) is 12.3. The van der Waals surface area contributed by atoms with Gasteiger partial charge in [-0.2, -0.15) is 23.5 Å². The highest BCUT2D eigenvalue weighted by Crippen LogP contribution is 2.12. The molecule has 0 unspecified atom stereocenters. The Labute approximate surface area is 221 Å². The smallest absolute Gasteiger partial charge is 0.243 e. The molecule has 0 heterocycles. The quantitative estimate of drug-likeness (QED) is 0.174. The third-order valence-corrected chi connectivity index (χ3v) is 6.78. The van der Waals surface area contributed by atoms with Crippen molar-refractivity contribution in [3.05, 3.63) is 29.8 Å². The first-order chi connectivity index (χ1) is 17.0. The summed E-state index contributed by atoms with van der Waals surface area (Å²) < 4.78 is 0. The van der Waals surface area contributed by atoms with Gasteiger partial charge in [0.2, 0.25) is 23.6 Å². The molecule has 4 atom stereocenters. The van der Waals surface area contributed by atoms with Crippen molar-refractivity contribution < 1.29 is 24.3 Å². The predicted molar refractivity (Wildman–Crippen MR) is 146 cm³/mol. The van der Waals surface area contributed by atoms with Crippen molar-refractivity contribution in [1.29, 1.82) is 0 Å². The summed E-state index contributed by atoms with van der Waals surface area (Å²) in [7, 11) is 0. The zero-order valence-electron chi connectivity index (χ0n) is 21.3. The number of thioether (sulfide) groups is 2. The van der Waals surface area contributed by atoms with E-state index < -0.39 is 47.8 Å². The minimum absolute atomic E-state index is 0.112. The summed E-state index contributed by atoms with van der Waals surface area (Å²) in [6, 6.07) is 2.80. The molecule has 0 aliphatic carbocycles. The normalized spacial score (nSPS) is 14.4. The van der Waals surface area contributed by atoms with Crippen LogP contribution in [0.3, 0.4) is 0 Å². The molecule has 1 rings (SSSR count). The monoisotopic (exact) mass is 541 g/mol. The molecule has 10 nitrogen and oxygen atoms in total. The van der Waals surface area contributed by atoms with Gasteiger partial charge in [0.15, 0.2) is 0 Å². The maximum atomic E-state index is 13.1. The van der Waals surface area contributed by atoms with Crippen LogP contribution in [0.15, 0.2) is 24.3 Å². The number of rotatable bonds is 16. The number of hydrogen-bond donors (Lipinski definition) is 6. The Morgan fingerprint density at radius 3 is 1.89 bits per heavy atom. The van der Waals surface area contributed by atoms with Crippen molar-refractivity contribution in [2.24, 2.45) is 17.4 Å². The molecule has 0 spiro atoms. The molecule has 0 radical (unpaired) electrons. The van der Waals surface area contributed by atoms with Gasteiger partial charge in [0.25, 0.3) is 0 Å². The van der Waals surface area contributed by atoms with E-state index in [2.05, 4.69) is 16.0 Å². The summed E-state index contributed by atoms with van der Waals surface area (Å²) in [5.74, 6) is -1.09. The molecule has 0 aromatic heterocycles. The Kier molecular flexibility index (Phi) is 14.3. The highest BCUT2D eigenvalue weighted by Gasteiger charge is 2.31. The topological polar surface area (TPSA) is 177 Å². The summed E-state index contributed by atoms with van der Waals surface area (Å²) in [5, 5.41) is 17.5. The van der Waals surface area contributed by atoms with E-state index in [0.717, 1.165) is 5.56 Å². The van der Waals surface area contributed by atoms with Crippen LogP contribution in [-0.2, 0) is 25.6 Å². The van der Waals surface area contributed by atoms with Gasteiger partial charge in [-0.3, -0.25) is 19.2 Å². The lowest BCUT2D eigenvalue weighted by atomic mass is 10.0. The maximum absolute atomic E-state index is 13.1. The molecule has 0 bridgehead atoms. The Hall–Kier alpha value is -2.44. The van der Waals surface area contributed by atoms with Gasteiger partial charge in [0.1, 0.15) is 23.9 Å². The zero-order chi connectivity index (χ0) is 27.3. The van der Waals surface area contributed by atoms with Gasteiger partial charge in [0.05, 0.1) is 6.04 Å². The van der Waals surface area contributed by atoms with E-state index in [1.165, 1.54) is 35.7 Å². The lowest BCUT2D eigenvalue weighted by Crippen LogP contribution is -2.59. The molecular weight excluding hydrogens is 502 g/mol. The van der Waals surface area contributed by atoms with Crippen LogP contribution in [0.4, 0.5) is 0 Å². The average Bonchev–Trinajstić information content (AvgIpc) is 2.83. The van der Waals surface area contributed by atoms with E-state index in [1.807, 2.05) is 12.5 Å². The maximum Gasteiger partial charge on any atom is 0.243 e. The molecule has 0 fully saturated rings. The van der Waals surface area contributed by atoms with E-state index in [-0.39, 0.29) is 18.1 Å². The highest BCUT2D eigenvalue weighted by atomic mass is 32.2. The fourth-order valence-corrected chi connectivity index (χ4v) is 4.28. The third kappa shape index (κ3) is 11.1. The van der Waals surface area contributed by atoms with E-state index in [4.69, 9.17) is 11.5 Å². The predicted octanol–water partition coefficient (Wildman–Crippen LogP) is 0.364. The number of amides is 4. The number of primary amides is 1. The van der Waals surface area contributed by atoms with E-state index in [0.29, 0.717) is 24.3 Å². The van der Waals surface area contributed by atoms with Gasteiger partial charge in [-0.25, -0.2) is 0 Å². The van der Waals surface area contributed by atoms with Crippen molar-refractivity contribution in [1.82, 2.24) is 16.0 Å². The minimum atomic E-state index is -0.923. The first kappa shape index (κ1) is 31.6. The first-order valence-electron chi connectivity index (χ1n) is 11.7. The second-order valence-electron chi connectivity index (χ2n) is 8.80. The molecule has 0 saturated carbocycles.